The standard InChI is InChI=1S/C20H23FN2O/c1-15-5-6-16(13-19(15)21)12-17-9-11-23(14-17)20(24)8-7-18-4-2-3-10-22-18/h2-6,10,13,17H,7-9,11-12,14H2,1H3. The number of hydrogen-bond donors (Lipinski definition) is 0. The fourth-order valence-electron chi connectivity index (χ4n) is 3.26. The number of nitrogens with zero attached hydrogens (tertiary/aromatic N) is 2. The number of amides is 1. The van der Waals surface area contributed by atoms with Gasteiger partial charge in [-0.2, -0.15) is 0 Å². The lowest BCUT2D eigenvalue weighted by molar-refractivity contribution is -0.130. The summed E-state index contributed by atoms with van der Waals surface area (Å²) in [7, 11) is 0. The van der Waals surface area contributed by atoms with E-state index >= 15 is 0 Å². The number of benzene rings is 1. The first kappa shape index (κ1) is 16.6. The number of likely N-dealkylation sites (tertiary alicyclic amines) is 1. The molecule has 0 saturated carbocycles. The highest BCUT2D eigenvalue weighted by molar-refractivity contribution is 5.76. The van der Waals surface area contributed by atoms with Crippen LogP contribution < -0.4 is 0 Å². The molecule has 2 aromatic rings. The van der Waals surface area contributed by atoms with Gasteiger partial charge in [0.15, 0.2) is 0 Å². The average Bonchev–Trinajstić information content (AvgIpc) is 3.05. The molecule has 3 rings (SSSR count). The Morgan fingerprint density at radius 1 is 1.33 bits per heavy atom. The second-order valence-electron chi connectivity index (χ2n) is 6.60. The van der Waals surface area contributed by atoms with Gasteiger partial charge >= 0.3 is 0 Å². The molecule has 1 aliphatic rings. The minimum absolute atomic E-state index is 0.145. The quantitative estimate of drug-likeness (QED) is 0.842. The van der Waals surface area contributed by atoms with Crippen molar-refractivity contribution >= 4 is 5.91 Å². The fraction of sp³-hybridized carbons (Fsp3) is 0.400. The van der Waals surface area contributed by atoms with Crippen LogP contribution in [-0.4, -0.2) is 28.9 Å². The van der Waals surface area contributed by atoms with Crippen LogP contribution >= 0.6 is 0 Å². The first-order chi connectivity index (χ1) is 11.6. The Morgan fingerprint density at radius 3 is 2.96 bits per heavy atom. The van der Waals surface area contributed by atoms with Crippen molar-refractivity contribution in [1.29, 1.82) is 0 Å². The van der Waals surface area contributed by atoms with Gasteiger partial charge in [-0.25, -0.2) is 4.39 Å². The van der Waals surface area contributed by atoms with E-state index in [4.69, 9.17) is 0 Å². The van der Waals surface area contributed by atoms with Crippen molar-refractivity contribution in [3.63, 3.8) is 0 Å². The van der Waals surface area contributed by atoms with E-state index in [1.165, 1.54) is 0 Å². The minimum atomic E-state index is -0.145. The van der Waals surface area contributed by atoms with Gasteiger partial charge in [0.1, 0.15) is 5.82 Å². The summed E-state index contributed by atoms with van der Waals surface area (Å²) in [5.74, 6) is 0.470. The second kappa shape index (κ2) is 7.56. The van der Waals surface area contributed by atoms with Gasteiger partial charge in [-0.1, -0.05) is 18.2 Å². The Balaban J connectivity index is 1.49. The molecule has 2 heterocycles. The molecule has 24 heavy (non-hydrogen) atoms. The Bertz CT molecular complexity index is 702. The molecular formula is C20H23FN2O. The Kier molecular flexibility index (Phi) is 5.24. The smallest absolute Gasteiger partial charge is 0.222 e. The highest BCUT2D eigenvalue weighted by Gasteiger charge is 2.26. The monoisotopic (exact) mass is 326 g/mol. The van der Waals surface area contributed by atoms with Crippen LogP contribution in [0.3, 0.4) is 0 Å². The number of aromatic nitrogens is 1. The zero-order valence-corrected chi connectivity index (χ0v) is 14.0. The predicted molar refractivity (Wildman–Crippen MR) is 92.1 cm³/mol. The molecule has 0 bridgehead atoms. The molecule has 0 radical (unpaired) electrons. The normalized spacial score (nSPS) is 17.2. The van der Waals surface area contributed by atoms with Gasteiger partial charge < -0.3 is 4.90 Å². The van der Waals surface area contributed by atoms with Gasteiger partial charge in [0.05, 0.1) is 0 Å². The van der Waals surface area contributed by atoms with Crippen molar-refractivity contribution in [2.45, 2.75) is 32.6 Å². The van der Waals surface area contributed by atoms with Gasteiger partial charge in [-0.15, -0.1) is 0 Å². The number of carbonyl (C=O) groups excluding carboxylic acids is 1. The molecule has 4 heteroatoms. The summed E-state index contributed by atoms with van der Waals surface area (Å²) in [5, 5.41) is 0. The van der Waals surface area contributed by atoms with Crippen molar-refractivity contribution in [3.05, 3.63) is 65.2 Å². The van der Waals surface area contributed by atoms with E-state index < -0.39 is 0 Å². The number of pyridine rings is 1. The van der Waals surface area contributed by atoms with E-state index in [1.54, 1.807) is 19.2 Å². The zero-order chi connectivity index (χ0) is 16.9. The molecule has 0 spiro atoms. The molecule has 1 aromatic heterocycles. The van der Waals surface area contributed by atoms with E-state index in [1.807, 2.05) is 35.2 Å². The van der Waals surface area contributed by atoms with E-state index in [0.717, 1.165) is 37.2 Å². The molecule has 126 valence electrons. The van der Waals surface area contributed by atoms with E-state index in [-0.39, 0.29) is 11.7 Å². The van der Waals surface area contributed by atoms with Crippen molar-refractivity contribution in [2.24, 2.45) is 5.92 Å². The predicted octanol–water partition coefficient (Wildman–Crippen LogP) is 3.55. The molecular weight excluding hydrogens is 303 g/mol. The van der Waals surface area contributed by atoms with Gasteiger partial charge in [0.2, 0.25) is 5.91 Å². The Morgan fingerprint density at radius 2 is 2.21 bits per heavy atom. The lowest BCUT2D eigenvalue weighted by Crippen LogP contribution is -2.29. The molecule has 1 aromatic carbocycles. The highest BCUT2D eigenvalue weighted by atomic mass is 19.1. The van der Waals surface area contributed by atoms with Gasteiger partial charge in [0, 0.05) is 31.4 Å². The number of rotatable bonds is 5. The van der Waals surface area contributed by atoms with Crippen LogP contribution in [0.4, 0.5) is 4.39 Å². The number of carbonyl (C=O) groups is 1. The number of aryl methyl sites for hydroxylation is 2. The molecule has 3 nitrogen and oxygen atoms in total. The van der Waals surface area contributed by atoms with Crippen LogP contribution in [0.5, 0.6) is 0 Å². The number of hydrogen-bond acceptors (Lipinski definition) is 2. The van der Waals surface area contributed by atoms with Crippen LogP contribution in [-0.2, 0) is 17.6 Å². The summed E-state index contributed by atoms with van der Waals surface area (Å²) in [4.78, 5) is 18.6. The van der Waals surface area contributed by atoms with E-state index in [0.29, 0.717) is 24.3 Å². The number of halogens is 1. The fourth-order valence-corrected chi connectivity index (χ4v) is 3.26. The molecule has 1 fully saturated rings. The molecule has 1 unspecified atom stereocenters. The topological polar surface area (TPSA) is 33.2 Å². The molecule has 1 aliphatic heterocycles. The van der Waals surface area contributed by atoms with Gasteiger partial charge in [-0.05, 0) is 61.4 Å². The minimum Gasteiger partial charge on any atom is -0.342 e. The average molecular weight is 326 g/mol. The van der Waals surface area contributed by atoms with Crippen molar-refractivity contribution in [1.82, 2.24) is 9.88 Å². The first-order valence-electron chi connectivity index (χ1n) is 8.54. The molecule has 0 aliphatic carbocycles. The van der Waals surface area contributed by atoms with Crippen molar-refractivity contribution in [3.8, 4) is 0 Å². The summed E-state index contributed by atoms with van der Waals surface area (Å²) in [6.07, 6.45) is 4.77. The lowest BCUT2D eigenvalue weighted by Gasteiger charge is -2.16. The summed E-state index contributed by atoms with van der Waals surface area (Å²) in [5.41, 5.74) is 2.65. The maximum atomic E-state index is 13.6. The second-order valence-corrected chi connectivity index (χ2v) is 6.60. The molecule has 1 saturated heterocycles. The third-order valence-corrected chi connectivity index (χ3v) is 4.72. The summed E-state index contributed by atoms with van der Waals surface area (Å²) >= 11 is 0. The van der Waals surface area contributed by atoms with Crippen LogP contribution in [0.25, 0.3) is 0 Å². The lowest BCUT2D eigenvalue weighted by atomic mass is 9.98. The summed E-state index contributed by atoms with van der Waals surface area (Å²) in [6, 6.07) is 11.2. The highest BCUT2D eigenvalue weighted by Crippen LogP contribution is 2.22. The third kappa shape index (κ3) is 4.19. The Labute approximate surface area is 142 Å². The molecule has 0 N–H and O–H groups in total. The first-order valence-corrected chi connectivity index (χ1v) is 8.54. The SMILES string of the molecule is Cc1ccc(CC2CCN(C(=O)CCc3ccccn3)C2)cc1F. The molecule has 1 amide bonds. The molecule has 1 atom stereocenters. The van der Waals surface area contributed by atoms with E-state index in [2.05, 4.69) is 4.98 Å². The van der Waals surface area contributed by atoms with Crippen LogP contribution in [0.1, 0.15) is 29.7 Å². The van der Waals surface area contributed by atoms with Crippen LogP contribution in [0.15, 0.2) is 42.6 Å². The largest absolute Gasteiger partial charge is 0.342 e. The summed E-state index contributed by atoms with van der Waals surface area (Å²) < 4.78 is 13.6. The van der Waals surface area contributed by atoms with E-state index in [9.17, 15) is 9.18 Å². The van der Waals surface area contributed by atoms with Gasteiger partial charge in [0.25, 0.3) is 0 Å². The van der Waals surface area contributed by atoms with Crippen LogP contribution in [0.2, 0.25) is 0 Å². The maximum Gasteiger partial charge on any atom is 0.222 e. The maximum absolute atomic E-state index is 13.6. The summed E-state index contributed by atoms with van der Waals surface area (Å²) in [6.45, 7) is 3.35. The van der Waals surface area contributed by atoms with Gasteiger partial charge in [-0.3, -0.25) is 9.78 Å². The van der Waals surface area contributed by atoms with Crippen molar-refractivity contribution < 1.29 is 9.18 Å². The third-order valence-electron chi connectivity index (χ3n) is 4.72. The van der Waals surface area contributed by atoms with Crippen LogP contribution in [0, 0.1) is 18.7 Å². The van der Waals surface area contributed by atoms with Crippen molar-refractivity contribution in [2.75, 3.05) is 13.1 Å². The zero-order valence-electron chi connectivity index (χ0n) is 14.0. The Hall–Kier alpha value is -2.23.